The van der Waals surface area contributed by atoms with Crippen LogP contribution in [0.3, 0.4) is 0 Å². The molecule has 2 aromatic heterocycles. The van der Waals surface area contributed by atoms with Crippen molar-refractivity contribution in [2.45, 2.75) is 15.6 Å². The van der Waals surface area contributed by atoms with Gasteiger partial charge in [0.1, 0.15) is 5.75 Å². The molecule has 2 heterocycles. The Morgan fingerprint density at radius 2 is 2.12 bits per heavy atom. The molecule has 0 saturated heterocycles. The van der Waals surface area contributed by atoms with Crippen molar-refractivity contribution in [3.8, 4) is 5.75 Å². The number of ether oxygens (including phenoxy) is 1. The summed E-state index contributed by atoms with van der Waals surface area (Å²) in [7, 11) is 0. The maximum atomic E-state index is 12.1. The molecule has 24 heavy (non-hydrogen) atoms. The van der Waals surface area contributed by atoms with Crippen molar-refractivity contribution in [2.24, 2.45) is 0 Å². The highest BCUT2D eigenvalue weighted by molar-refractivity contribution is 8.03. The second-order valence-corrected chi connectivity index (χ2v) is 8.74. The molecule has 0 spiro atoms. The predicted octanol–water partition coefficient (Wildman–Crippen LogP) is 4.00. The minimum absolute atomic E-state index is 0.106. The summed E-state index contributed by atoms with van der Waals surface area (Å²) in [4.78, 5) is 16.5. The second kappa shape index (κ2) is 8.15. The molecular formula is C14H14N4O2S4. The molecule has 0 aliphatic heterocycles. The van der Waals surface area contributed by atoms with Gasteiger partial charge >= 0.3 is 0 Å². The second-order valence-electron chi connectivity index (χ2n) is 4.46. The topological polar surface area (TPSA) is 77.0 Å². The third kappa shape index (κ3) is 4.38. The summed E-state index contributed by atoms with van der Waals surface area (Å²) < 4.78 is 8.15. The number of amides is 1. The quantitative estimate of drug-likeness (QED) is 0.603. The Bertz CT molecular complexity index is 848. The monoisotopic (exact) mass is 398 g/mol. The molecule has 3 rings (SSSR count). The van der Waals surface area contributed by atoms with Crippen molar-refractivity contribution in [1.29, 1.82) is 0 Å². The van der Waals surface area contributed by atoms with Crippen molar-refractivity contribution in [2.75, 3.05) is 23.9 Å². The first-order valence-electron chi connectivity index (χ1n) is 7.01. The number of benzene rings is 1. The zero-order valence-electron chi connectivity index (χ0n) is 12.9. The molecule has 6 nitrogen and oxygen atoms in total. The normalized spacial score (nSPS) is 10.9. The van der Waals surface area contributed by atoms with E-state index in [1.807, 2.05) is 31.4 Å². The highest BCUT2D eigenvalue weighted by Gasteiger charge is 2.11. The molecule has 126 valence electrons. The van der Waals surface area contributed by atoms with E-state index in [0.717, 1.165) is 24.6 Å². The molecule has 1 amide bonds. The van der Waals surface area contributed by atoms with E-state index < -0.39 is 0 Å². The third-order valence-corrected chi connectivity index (χ3v) is 6.77. The molecule has 0 bridgehead atoms. The molecule has 3 aromatic rings. The number of thioether (sulfide) groups is 2. The summed E-state index contributed by atoms with van der Waals surface area (Å²) in [5.41, 5.74) is 0.847. The van der Waals surface area contributed by atoms with Gasteiger partial charge in [0.25, 0.3) is 0 Å². The highest BCUT2D eigenvalue weighted by atomic mass is 32.2. The summed E-state index contributed by atoms with van der Waals surface area (Å²) in [6, 6.07) is 5.71. The van der Waals surface area contributed by atoms with Crippen molar-refractivity contribution in [3.05, 3.63) is 18.2 Å². The van der Waals surface area contributed by atoms with Crippen LogP contribution in [0.4, 0.5) is 5.13 Å². The number of nitrogens with zero attached hydrogens (tertiary/aromatic N) is 3. The molecule has 0 aliphatic carbocycles. The Balaban J connectivity index is 1.60. The molecule has 1 aromatic carbocycles. The number of hydrogen-bond acceptors (Lipinski definition) is 9. The first-order valence-corrected chi connectivity index (χ1v) is 10.9. The van der Waals surface area contributed by atoms with Gasteiger partial charge in [0, 0.05) is 0 Å². The fourth-order valence-corrected chi connectivity index (χ4v) is 4.98. The van der Waals surface area contributed by atoms with Crippen molar-refractivity contribution in [1.82, 2.24) is 15.2 Å². The Kier molecular flexibility index (Phi) is 5.93. The van der Waals surface area contributed by atoms with Gasteiger partial charge in [-0.25, -0.2) is 4.98 Å². The van der Waals surface area contributed by atoms with Crippen LogP contribution in [0.2, 0.25) is 0 Å². The van der Waals surface area contributed by atoms with E-state index >= 15 is 0 Å². The van der Waals surface area contributed by atoms with Gasteiger partial charge in [0.15, 0.2) is 13.8 Å². The number of anilines is 1. The average molecular weight is 399 g/mol. The van der Waals surface area contributed by atoms with Gasteiger partial charge in [-0.1, -0.05) is 46.2 Å². The molecule has 0 fully saturated rings. The van der Waals surface area contributed by atoms with E-state index in [9.17, 15) is 4.79 Å². The number of carbonyl (C=O) groups excluding carboxylic acids is 1. The van der Waals surface area contributed by atoms with Gasteiger partial charge in [-0.2, -0.15) is 0 Å². The lowest BCUT2D eigenvalue weighted by molar-refractivity contribution is -0.113. The van der Waals surface area contributed by atoms with Crippen LogP contribution in [0.5, 0.6) is 5.75 Å². The summed E-state index contributed by atoms with van der Waals surface area (Å²) in [6.07, 6.45) is 1.95. The number of carbonyl (C=O) groups is 1. The summed E-state index contributed by atoms with van der Waals surface area (Å²) >= 11 is 5.84. The van der Waals surface area contributed by atoms with Gasteiger partial charge in [0.2, 0.25) is 5.91 Å². The van der Waals surface area contributed by atoms with Crippen LogP contribution in [0.25, 0.3) is 10.2 Å². The van der Waals surface area contributed by atoms with Gasteiger partial charge in [0.05, 0.1) is 22.6 Å². The van der Waals surface area contributed by atoms with Gasteiger partial charge in [-0.15, -0.1) is 10.2 Å². The number of nitrogens with one attached hydrogen (secondary N) is 1. The van der Waals surface area contributed by atoms with Crippen molar-refractivity contribution in [3.63, 3.8) is 0 Å². The van der Waals surface area contributed by atoms with E-state index in [1.165, 1.54) is 34.4 Å². The van der Waals surface area contributed by atoms with Crippen LogP contribution in [0, 0.1) is 0 Å². The lowest BCUT2D eigenvalue weighted by Crippen LogP contribution is -2.13. The molecule has 0 aliphatic rings. The number of thiazole rings is 1. The Morgan fingerprint density at radius 3 is 2.88 bits per heavy atom. The van der Waals surface area contributed by atoms with Crippen LogP contribution in [0.15, 0.2) is 26.9 Å². The molecule has 0 radical (unpaired) electrons. The van der Waals surface area contributed by atoms with Crippen molar-refractivity contribution < 1.29 is 9.53 Å². The first kappa shape index (κ1) is 17.5. The van der Waals surface area contributed by atoms with Gasteiger partial charge in [-0.05, 0) is 31.4 Å². The smallest absolute Gasteiger partial charge is 0.236 e. The van der Waals surface area contributed by atoms with Crippen LogP contribution in [0.1, 0.15) is 6.92 Å². The number of fused-ring (bicyclic) bond motifs is 1. The maximum absolute atomic E-state index is 12.1. The van der Waals surface area contributed by atoms with Crippen LogP contribution < -0.4 is 10.1 Å². The molecule has 10 heteroatoms. The number of rotatable bonds is 7. The Hall–Kier alpha value is -1.36. The standard InChI is InChI=1S/C14H14N4O2S4/c1-3-20-8-4-5-9-10(6-8)23-12(15-9)16-11(19)7-22-14-18-17-13(21-2)24-14/h4-6H,3,7H2,1-2H3,(H,15,16,19). The predicted molar refractivity (Wildman–Crippen MR) is 102 cm³/mol. The van der Waals surface area contributed by atoms with Gasteiger partial charge in [-0.3, -0.25) is 4.79 Å². The first-order chi connectivity index (χ1) is 11.7. The summed E-state index contributed by atoms with van der Waals surface area (Å²) in [6.45, 7) is 2.56. The fourth-order valence-electron chi connectivity index (χ4n) is 1.84. The van der Waals surface area contributed by atoms with E-state index in [2.05, 4.69) is 20.5 Å². The van der Waals surface area contributed by atoms with E-state index in [1.54, 1.807) is 11.8 Å². The largest absolute Gasteiger partial charge is 0.494 e. The number of aromatic nitrogens is 3. The number of hydrogen-bond donors (Lipinski definition) is 1. The molecular weight excluding hydrogens is 384 g/mol. The van der Waals surface area contributed by atoms with Crippen LogP contribution >= 0.6 is 46.2 Å². The SMILES string of the molecule is CCOc1ccc2nc(NC(=O)CSc3nnc(SC)s3)sc2c1. The van der Waals surface area contributed by atoms with Gasteiger partial charge < -0.3 is 10.1 Å². The van der Waals surface area contributed by atoms with E-state index in [0.29, 0.717) is 11.7 Å². The highest BCUT2D eigenvalue weighted by Crippen LogP contribution is 2.30. The van der Waals surface area contributed by atoms with Crippen LogP contribution in [-0.2, 0) is 4.79 Å². The minimum Gasteiger partial charge on any atom is -0.494 e. The molecule has 0 saturated carbocycles. The van der Waals surface area contributed by atoms with E-state index in [4.69, 9.17) is 4.74 Å². The molecule has 0 atom stereocenters. The zero-order valence-corrected chi connectivity index (χ0v) is 16.2. The molecule has 1 N–H and O–H groups in total. The Labute approximate surface area is 155 Å². The average Bonchev–Trinajstić information content (AvgIpc) is 3.18. The lowest BCUT2D eigenvalue weighted by atomic mass is 10.3. The summed E-state index contributed by atoms with van der Waals surface area (Å²) in [5.74, 6) is 0.983. The molecule has 0 unspecified atom stereocenters. The lowest BCUT2D eigenvalue weighted by Gasteiger charge is -2.00. The fraction of sp³-hybridized carbons (Fsp3) is 0.286. The maximum Gasteiger partial charge on any atom is 0.236 e. The Morgan fingerprint density at radius 1 is 1.29 bits per heavy atom. The van der Waals surface area contributed by atoms with E-state index in [-0.39, 0.29) is 11.7 Å². The van der Waals surface area contributed by atoms with Crippen molar-refractivity contribution >= 4 is 67.5 Å². The minimum atomic E-state index is -0.106. The van der Waals surface area contributed by atoms with Crippen LogP contribution in [-0.4, -0.2) is 39.7 Å². The summed E-state index contributed by atoms with van der Waals surface area (Å²) in [5, 5.41) is 11.5. The zero-order chi connectivity index (χ0) is 16.9. The third-order valence-electron chi connectivity index (χ3n) is 2.81.